The molecule has 3 fully saturated rings. The number of rotatable bonds is 3. The van der Waals surface area contributed by atoms with Gasteiger partial charge in [-0.25, -0.2) is 0 Å². The van der Waals surface area contributed by atoms with Crippen molar-refractivity contribution in [2.45, 2.75) is 51.5 Å². The highest BCUT2D eigenvalue weighted by Crippen LogP contribution is 2.49. The lowest BCUT2D eigenvalue weighted by Crippen LogP contribution is -2.53. The number of carbonyl (C=O) groups is 3. The smallest absolute Gasteiger partial charge is 0.306 e. The Morgan fingerprint density at radius 3 is 2.64 bits per heavy atom. The second-order valence-corrected chi connectivity index (χ2v) is 6.89. The molecule has 2 heterocycles. The molecule has 1 amide bonds. The molecular formula is C17H25NO4. The van der Waals surface area contributed by atoms with Crippen molar-refractivity contribution < 1.29 is 19.1 Å². The molecule has 122 valence electrons. The summed E-state index contributed by atoms with van der Waals surface area (Å²) < 4.78 is 4.79. The van der Waals surface area contributed by atoms with Crippen LogP contribution in [0.1, 0.15) is 45.4 Å². The van der Waals surface area contributed by atoms with Crippen LogP contribution in [0.2, 0.25) is 0 Å². The predicted molar refractivity (Wildman–Crippen MR) is 79.9 cm³/mol. The molecular weight excluding hydrogens is 282 g/mol. The van der Waals surface area contributed by atoms with Crippen LogP contribution in [0.3, 0.4) is 0 Å². The van der Waals surface area contributed by atoms with Crippen molar-refractivity contribution >= 4 is 17.7 Å². The first-order valence-electron chi connectivity index (χ1n) is 8.48. The topological polar surface area (TPSA) is 63.7 Å². The highest BCUT2D eigenvalue weighted by molar-refractivity contribution is 5.89. The second-order valence-electron chi connectivity index (χ2n) is 6.89. The third-order valence-corrected chi connectivity index (χ3v) is 6.01. The largest absolute Gasteiger partial charge is 0.469 e. The Labute approximate surface area is 131 Å². The zero-order valence-electron chi connectivity index (χ0n) is 13.4. The normalized spacial score (nSPS) is 37.7. The average molecular weight is 307 g/mol. The molecule has 3 aliphatic rings. The molecule has 1 saturated carbocycles. The zero-order chi connectivity index (χ0) is 15.9. The number of ether oxygens (including phenoxy) is 1. The van der Waals surface area contributed by atoms with Gasteiger partial charge < -0.3 is 9.64 Å². The van der Waals surface area contributed by atoms with Gasteiger partial charge in [-0.1, -0.05) is 6.92 Å². The van der Waals surface area contributed by atoms with E-state index >= 15 is 0 Å². The van der Waals surface area contributed by atoms with Crippen molar-refractivity contribution in [2.24, 2.45) is 23.7 Å². The summed E-state index contributed by atoms with van der Waals surface area (Å²) in [5.74, 6) is 0.292. The van der Waals surface area contributed by atoms with Gasteiger partial charge in [0.05, 0.1) is 13.5 Å². The summed E-state index contributed by atoms with van der Waals surface area (Å²) in [5.41, 5.74) is 0. The Kier molecular flexibility index (Phi) is 4.24. The van der Waals surface area contributed by atoms with E-state index in [9.17, 15) is 14.4 Å². The van der Waals surface area contributed by atoms with Crippen LogP contribution in [0.15, 0.2) is 0 Å². The zero-order valence-corrected chi connectivity index (χ0v) is 13.4. The molecule has 0 spiro atoms. The van der Waals surface area contributed by atoms with Gasteiger partial charge in [0.2, 0.25) is 5.91 Å². The number of hydrogen-bond donors (Lipinski definition) is 0. The molecule has 2 aliphatic heterocycles. The van der Waals surface area contributed by atoms with Crippen molar-refractivity contribution in [1.29, 1.82) is 0 Å². The van der Waals surface area contributed by atoms with Crippen molar-refractivity contribution in [2.75, 3.05) is 13.7 Å². The van der Waals surface area contributed by atoms with E-state index in [0.29, 0.717) is 6.42 Å². The van der Waals surface area contributed by atoms with Gasteiger partial charge in [0.25, 0.3) is 0 Å². The van der Waals surface area contributed by atoms with Gasteiger partial charge in [0.1, 0.15) is 5.78 Å². The molecule has 0 radical (unpaired) electrons. The van der Waals surface area contributed by atoms with Gasteiger partial charge in [0.15, 0.2) is 0 Å². The van der Waals surface area contributed by atoms with E-state index in [1.165, 1.54) is 7.11 Å². The number of carbonyl (C=O) groups excluding carboxylic acids is 3. The van der Waals surface area contributed by atoms with Crippen LogP contribution in [0.5, 0.6) is 0 Å². The number of nitrogens with zero attached hydrogens (tertiary/aromatic N) is 1. The standard InChI is InChI=1S/C17H25NO4/c1-3-10-11-5-4-6-14(19)18-8-7-12(16(11)18)13(17(10)21)9-15(20)22-2/h10-13,16H,3-9H2,1-2H3/t10-,11-,12-,13-,16-/m1/s1. The van der Waals surface area contributed by atoms with Crippen LogP contribution >= 0.6 is 0 Å². The van der Waals surface area contributed by atoms with Gasteiger partial charge in [-0.15, -0.1) is 0 Å². The lowest BCUT2D eigenvalue weighted by molar-refractivity contribution is -0.150. The summed E-state index contributed by atoms with van der Waals surface area (Å²) in [7, 11) is 1.37. The maximum absolute atomic E-state index is 12.9. The van der Waals surface area contributed by atoms with Crippen LogP contribution in [-0.4, -0.2) is 42.3 Å². The van der Waals surface area contributed by atoms with Crippen LogP contribution in [-0.2, 0) is 19.1 Å². The van der Waals surface area contributed by atoms with Gasteiger partial charge >= 0.3 is 5.97 Å². The quantitative estimate of drug-likeness (QED) is 0.746. The lowest BCUT2D eigenvalue weighted by Gasteiger charge is -2.44. The summed E-state index contributed by atoms with van der Waals surface area (Å²) in [6.45, 7) is 2.79. The molecule has 0 aromatic rings. The van der Waals surface area contributed by atoms with Crippen LogP contribution in [0.4, 0.5) is 0 Å². The van der Waals surface area contributed by atoms with Gasteiger partial charge in [-0.2, -0.15) is 0 Å². The van der Waals surface area contributed by atoms with E-state index in [0.717, 1.165) is 32.2 Å². The molecule has 22 heavy (non-hydrogen) atoms. The number of hydrogen-bond acceptors (Lipinski definition) is 4. The molecule has 0 aromatic heterocycles. The van der Waals surface area contributed by atoms with E-state index in [4.69, 9.17) is 4.74 Å². The number of amides is 1. The fraction of sp³-hybridized carbons (Fsp3) is 0.824. The average Bonchev–Trinajstić information content (AvgIpc) is 2.88. The molecule has 0 aromatic carbocycles. The van der Waals surface area contributed by atoms with E-state index < -0.39 is 0 Å². The monoisotopic (exact) mass is 307 g/mol. The molecule has 1 aliphatic carbocycles. The molecule has 3 rings (SSSR count). The second kappa shape index (κ2) is 6.01. The summed E-state index contributed by atoms with van der Waals surface area (Å²) >= 11 is 0. The number of Topliss-reactive ketones (excluding diaryl/α,β-unsaturated/α-hetero) is 1. The first-order chi connectivity index (χ1) is 10.6. The van der Waals surface area contributed by atoms with Crippen LogP contribution in [0.25, 0.3) is 0 Å². The molecule has 0 N–H and O–H groups in total. The minimum atomic E-state index is -0.315. The van der Waals surface area contributed by atoms with E-state index in [2.05, 4.69) is 0 Å². The van der Waals surface area contributed by atoms with E-state index in [1.807, 2.05) is 11.8 Å². The van der Waals surface area contributed by atoms with Gasteiger partial charge in [-0.3, -0.25) is 14.4 Å². The molecule has 5 heteroatoms. The van der Waals surface area contributed by atoms with Gasteiger partial charge in [0, 0.05) is 30.8 Å². The highest BCUT2D eigenvalue weighted by Gasteiger charge is 2.55. The fourth-order valence-electron chi connectivity index (χ4n) is 5.08. The molecule has 0 bridgehead atoms. The first-order valence-corrected chi connectivity index (χ1v) is 8.48. The first kappa shape index (κ1) is 15.5. The summed E-state index contributed by atoms with van der Waals surface area (Å²) in [5, 5.41) is 0. The van der Waals surface area contributed by atoms with Crippen molar-refractivity contribution in [3.05, 3.63) is 0 Å². The van der Waals surface area contributed by atoms with Crippen LogP contribution in [0, 0.1) is 23.7 Å². The fourth-order valence-corrected chi connectivity index (χ4v) is 5.08. The van der Waals surface area contributed by atoms with E-state index in [-0.39, 0.29) is 53.8 Å². The number of esters is 1. The highest BCUT2D eigenvalue weighted by atomic mass is 16.5. The lowest BCUT2D eigenvalue weighted by atomic mass is 9.62. The summed E-state index contributed by atoms with van der Waals surface area (Å²) in [6.07, 6.45) is 4.25. The Balaban J connectivity index is 1.94. The molecule has 5 nitrogen and oxygen atoms in total. The Bertz CT molecular complexity index is 489. The van der Waals surface area contributed by atoms with Crippen molar-refractivity contribution in [3.8, 4) is 0 Å². The van der Waals surface area contributed by atoms with Crippen molar-refractivity contribution in [1.82, 2.24) is 4.90 Å². The minimum absolute atomic E-state index is 0.0117. The number of methoxy groups -OCH3 is 1. The molecule has 2 saturated heterocycles. The summed E-state index contributed by atoms with van der Waals surface area (Å²) in [6, 6.07) is 0.160. The molecule has 5 atom stereocenters. The number of ketones is 1. The van der Waals surface area contributed by atoms with Gasteiger partial charge in [-0.05, 0) is 37.5 Å². The Morgan fingerprint density at radius 1 is 1.23 bits per heavy atom. The Hall–Kier alpha value is -1.39. The van der Waals surface area contributed by atoms with Crippen molar-refractivity contribution in [3.63, 3.8) is 0 Å². The SMILES string of the molecule is CC[C@H]1C(=O)[C@H](CC(=O)OC)[C@H]2CCN3C(=O)CCC[C@H]1[C@H]23. The third kappa shape index (κ3) is 2.34. The predicted octanol–water partition coefficient (Wildman–Crippen LogP) is 1.79. The third-order valence-electron chi connectivity index (χ3n) is 6.01. The Morgan fingerprint density at radius 2 is 1.95 bits per heavy atom. The summed E-state index contributed by atoms with van der Waals surface area (Å²) in [4.78, 5) is 39.0. The minimum Gasteiger partial charge on any atom is -0.469 e. The maximum atomic E-state index is 12.9. The maximum Gasteiger partial charge on any atom is 0.306 e. The van der Waals surface area contributed by atoms with E-state index in [1.54, 1.807) is 0 Å². The van der Waals surface area contributed by atoms with Crippen LogP contribution < -0.4 is 0 Å². The molecule has 0 unspecified atom stereocenters.